The highest BCUT2D eigenvalue weighted by atomic mass is 79.9. The van der Waals surface area contributed by atoms with Gasteiger partial charge in [-0.25, -0.2) is 0 Å². The van der Waals surface area contributed by atoms with Gasteiger partial charge in [0.1, 0.15) is 34.6 Å². The number of halogens is 21. The Morgan fingerprint density at radius 1 is 0.243 bits per heavy atom. The lowest BCUT2D eigenvalue weighted by Gasteiger charge is -2.12. The Balaban J connectivity index is 0.000000163. The van der Waals surface area contributed by atoms with Gasteiger partial charge < -0.3 is 48.7 Å². The number of hydrogen-bond acceptors (Lipinski definition) is 10. The molecule has 0 saturated carbocycles. The summed E-state index contributed by atoms with van der Waals surface area (Å²) in [4.78, 5) is 62.5. The minimum atomic E-state index is -5.00. The molecule has 10 aromatic carbocycles. The summed E-state index contributed by atoms with van der Waals surface area (Å²) in [5.74, 6) is -9.37. The zero-order valence-corrected chi connectivity index (χ0v) is 75.4. The molecule has 0 fully saturated rings. The second kappa shape index (κ2) is 42.1. The molecule has 15 nitrogen and oxygen atoms in total. The molecule has 136 heavy (non-hydrogen) atoms. The maximum Gasteiger partial charge on any atom is 0.450 e. The number of furan rings is 5. The van der Waals surface area contributed by atoms with E-state index in [-0.39, 0.29) is 51.1 Å². The number of carbonyl (C=O) groups excluding carboxylic acids is 5. The average Bonchev–Trinajstić information content (AvgIpc) is 1.65. The van der Waals surface area contributed by atoms with Crippen molar-refractivity contribution >= 4 is 97.1 Å². The van der Waals surface area contributed by atoms with Gasteiger partial charge in [-0.1, -0.05) is 130 Å². The Kier molecular flexibility index (Phi) is 31.7. The molecule has 0 unspecified atom stereocenters. The Labute approximate surface area is 782 Å². The van der Waals surface area contributed by atoms with Crippen molar-refractivity contribution < 1.29 is 125 Å². The van der Waals surface area contributed by atoms with Crippen LogP contribution in [0.25, 0.3) is 56.6 Å². The van der Waals surface area contributed by atoms with Crippen LogP contribution in [-0.2, 0) is 37.1 Å². The third kappa shape index (κ3) is 27.5. The van der Waals surface area contributed by atoms with E-state index >= 15 is 0 Å². The third-order valence-corrected chi connectivity index (χ3v) is 20.4. The van der Waals surface area contributed by atoms with E-state index in [2.05, 4.69) is 42.5 Å². The molecule has 5 amide bonds. The highest BCUT2D eigenvalue weighted by molar-refractivity contribution is 9.10. The molecule has 0 atom stereocenters. The van der Waals surface area contributed by atoms with Gasteiger partial charge in [0, 0.05) is 70.8 Å². The lowest BCUT2D eigenvalue weighted by molar-refractivity contribution is -0.153. The smallest absolute Gasteiger partial charge is 0.450 e. The molecule has 5 aromatic heterocycles. The summed E-state index contributed by atoms with van der Waals surface area (Å²) in [5, 5.41) is 12.9. The highest BCUT2D eigenvalue weighted by Gasteiger charge is 2.45. The van der Waals surface area contributed by atoms with Crippen molar-refractivity contribution in [2.24, 2.45) is 0 Å². The second-order valence-corrected chi connectivity index (χ2v) is 32.6. The number of rotatable bonds is 15. The molecule has 0 spiro atoms. The van der Waals surface area contributed by atoms with Gasteiger partial charge in [0.2, 0.25) is 23.0 Å². The molecule has 0 radical (unpaired) electrons. The summed E-state index contributed by atoms with van der Waals surface area (Å²) < 4.78 is 264. The predicted octanol–water partition coefficient (Wildman–Crippen LogP) is 32.0. The van der Waals surface area contributed by atoms with Crippen LogP contribution < -0.4 is 26.6 Å². The Hall–Kier alpha value is -14.3. The van der Waals surface area contributed by atoms with E-state index in [0.717, 1.165) is 85.9 Å². The van der Waals surface area contributed by atoms with Crippen LogP contribution in [0.4, 0.5) is 107 Å². The molecule has 15 aromatic rings. The minimum Gasteiger partial charge on any atom is -0.461 e. The van der Waals surface area contributed by atoms with Gasteiger partial charge in [0.15, 0.2) is 0 Å². The standard InChI is InChI=1S/C20H15BrF3NO2.C20H12ClF6NO2.C20H15ClF3NO2.2C20H16F3NO2/c1-11-7-12(2)9-15(8-11)25-19(26)16-10-17(27-18(16)20(22,23)24)13-3-5-14(21)6-4-13;1-10-6-12(19(22,23)24)8-14(7-10)28-18(29)15-9-16(30-17(15)20(25,26)27)11-2-4-13(21)5-3-11;1-11-7-12(2)9-15(8-11)25-19(26)16-10-17(27-18(16)20(22,23)24)13-3-5-14(21)6-4-13;1-12-8-15(20(21,22)23)10-16(9-12)24-19(25)17-11-18(26-13(17)2)14-6-4-3-5-7-14;1-12-8-13(2)10-15(9-12)24-19(25)16-11-17(14-6-4-3-5-7-14)26-18(16)20(21,22)23/h3-10H,1-2H3,(H,25,26);2-9H,1H3,(H,28,29);3-10H,1-2H3,(H,25,26);2*3-11H,1-2H3,(H,24,25). The summed E-state index contributed by atoms with van der Waals surface area (Å²) in [6, 6.07) is 63.7. The normalized spacial score (nSPS) is 11.6. The zero-order valence-electron chi connectivity index (χ0n) is 72.3. The van der Waals surface area contributed by atoms with Crippen molar-refractivity contribution in [1.29, 1.82) is 0 Å². The molecule has 0 saturated heterocycles. The molecule has 5 heterocycles. The van der Waals surface area contributed by atoms with Gasteiger partial charge in [-0.3, -0.25) is 24.0 Å². The first-order valence-corrected chi connectivity index (χ1v) is 41.7. The number of amides is 5. The number of hydrogen-bond donors (Lipinski definition) is 5. The molecule has 0 bridgehead atoms. The monoisotopic (exact) mass is 2000 g/mol. The van der Waals surface area contributed by atoms with Crippen LogP contribution in [0.3, 0.4) is 0 Å². The zero-order chi connectivity index (χ0) is 99.6. The van der Waals surface area contributed by atoms with E-state index < -0.39 is 123 Å². The summed E-state index contributed by atoms with van der Waals surface area (Å²) in [7, 11) is 0. The first-order valence-electron chi connectivity index (χ1n) is 40.1. The number of anilines is 5. The molecule has 706 valence electrons. The van der Waals surface area contributed by atoms with E-state index in [4.69, 9.17) is 45.3 Å². The molecule has 15 rings (SSSR count). The molecule has 36 heteroatoms. The molecule has 0 aliphatic rings. The lowest BCUT2D eigenvalue weighted by Crippen LogP contribution is -2.17. The Bertz CT molecular complexity index is 6630. The minimum absolute atomic E-state index is 0.0107. The SMILES string of the molecule is Cc1cc(C)cc(NC(=O)c2cc(-c3ccc(Br)cc3)oc2C(F)(F)F)c1.Cc1cc(C)cc(NC(=O)c2cc(-c3ccc(Cl)cc3)oc2C(F)(F)F)c1.Cc1cc(C)cc(NC(=O)c2cc(-c3ccccc3)oc2C(F)(F)F)c1.Cc1cc(NC(=O)c2cc(-c3ccc(Cl)cc3)oc2C(F)(F)F)cc(C(F)(F)F)c1.Cc1cc(NC(=O)c2cc(-c3ccccc3)oc2C)cc(C(F)(F)F)c1. The first-order chi connectivity index (χ1) is 63.6. The quantitative estimate of drug-likeness (QED) is 0.0613. The van der Waals surface area contributed by atoms with Crippen LogP contribution in [0.15, 0.2) is 281 Å². The van der Waals surface area contributed by atoms with E-state index in [1.165, 1.54) is 67.6 Å². The van der Waals surface area contributed by atoms with Crippen molar-refractivity contribution in [3.8, 4) is 56.6 Å². The molecule has 5 N–H and O–H groups in total. The summed E-state index contributed by atoms with van der Waals surface area (Å²) in [5.41, 5.74) is 5.22. The summed E-state index contributed by atoms with van der Waals surface area (Å²) in [6.45, 7) is 15.6. The fourth-order valence-corrected chi connectivity index (χ4v) is 14.2. The van der Waals surface area contributed by atoms with Crippen molar-refractivity contribution in [3.63, 3.8) is 0 Å². The van der Waals surface area contributed by atoms with Crippen molar-refractivity contribution in [2.75, 3.05) is 26.6 Å². The predicted molar refractivity (Wildman–Crippen MR) is 483 cm³/mol. The topological polar surface area (TPSA) is 211 Å². The van der Waals surface area contributed by atoms with Crippen LogP contribution in [-0.4, -0.2) is 29.5 Å². The van der Waals surface area contributed by atoms with Gasteiger partial charge in [-0.2, -0.15) is 79.0 Å². The average molecular weight is 2000 g/mol. The number of aryl methyl sites for hydroxylation is 9. The van der Waals surface area contributed by atoms with Gasteiger partial charge >= 0.3 is 37.1 Å². The van der Waals surface area contributed by atoms with Crippen molar-refractivity contribution in [3.05, 3.63) is 382 Å². The first kappa shape index (κ1) is 102. The maximum atomic E-state index is 13.4. The lowest BCUT2D eigenvalue weighted by atomic mass is 10.1. The molecular formula is C100H74BrCl2F18N5O10. The van der Waals surface area contributed by atoms with Crippen molar-refractivity contribution in [2.45, 2.75) is 99.4 Å². The largest absolute Gasteiger partial charge is 0.461 e. The van der Waals surface area contributed by atoms with E-state index in [9.17, 15) is 103 Å². The molecular weight excluding hydrogens is 1920 g/mol. The van der Waals surface area contributed by atoms with E-state index in [0.29, 0.717) is 66.9 Å². The number of nitrogens with one attached hydrogen (secondary N) is 5. The van der Waals surface area contributed by atoms with Gasteiger partial charge in [-0.05, 0) is 271 Å². The van der Waals surface area contributed by atoms with Gasteiger partial charge in [-0.15, -0.1) is 0 Å². The Morgan fingerprint density at radius 3 is 0.691 bits per heavy atom. The third-order valence-electron chi connectivity index (χ3n) is 19.4. The molecule has 0 aliphatic carbocycles. The molecule has 0 aliphatic heterocycles. The fraction of sp³-hybridized carbons (Fsp3) is 0.150. The van der Waals surface area contributed by atoms with Crippen LogP contribution in [0, 0.1) is 62.3 Å². The summed E-state index contributed by atoms with van der Waals surface area (Å²) in [6.07, 6.45) is -28.5. The highest BCUT2D eigenvalue weighted by Crippen LogP contribution is 2.45. The second-order valence-electron chi connectivity index (χ2n) is 30.8. The fourth-order valence-electron chi connectivity index (χ4n) is 13.7. The maximum absolute atomic E-state index is 13.4. The number of carbonyl (C=O) groups is 5. The van der Waals surface area contributed by atoms with Crippen LogP contribution >= 0.6 is 39.1 Å². The number of benzene rings is 10. The van der Waals surface area contributed by atoms with Gasteiger partial charge in [0.25, 0.3) is 29.5 Å². The van der Waals surface area contributed by atoms with E-state index in [1.54, 1.807) is 111 Å². The van der Waals surface area contributed by atoms with Gasteiger partial charge in [0.05, 0.1) is 38.9 Å². The van der Waals surface area contributed by atoms with Crippen molar-refractivity contribution in [1.82, 2.24) is 0 Å². The van der Waals surface area contributed by atoms with Crippen LogP contribution in [0.1, 0.15) is 136 Å². The van der Waals surface area contributed by atoms with E-state index in [1.807, 2.05) is 90.1 Å². The number of alkyl halides is 18. The van der Waals surface area contributed by atoms with Crippen LogP contribution in [0.2, 0.25) is 10.0 Å². The Morgan fingerprint density at radius 2 is 0.449 bits per heavy atom. The van der Waals surface area contributed by atoms with Crippen LogP contribution in [0.5, 0.6) is 0 Å². The summed E-state index contributed by atoms with van der Waals surface area (Å²) >= 11 is 14.8.